The van der Waals surface area contributed by atoms with Crippen LogP contribution in [0, 0.1) is 0 Å². The molecule has 0 bridgehead atoms. The van der Waals surface area contributed by atoms with Crippen molar-refractivity contribution in [3.05, 3.63) is 0 Å². The van der Waals surface area contributed by atoms with Gasteiger partial charge in [0.25, 0.3) is 0 Å². The van der Waals surface area contributed by atoms with Crippen molar-refractivity contribution in [2.45, 2.75) is 43.8 Å². The Morgan fingerprint density at radius 2 is 1.61 bits per heavy atom. The molecule has 3 atom stereocenters. The van der Waals surface area contributed by atoms with Crippen LogP contribution in [0.15, 0.2) is 4.99 Å². The first-order chi connectivity index (χ1) is 14.5. The van der Waals surface area contributed by atoms with Crippen molar-refractivity contribution >= 4 is 48.2 Å². The Labute approximate surface area is 183 Å². The van der Waals surface area contributed by atoms with Gasteiger partial charge in [0.15, 0.2) is 5.96 Å². The van der Waals surface area contributed by atoms with Gasteiger partial charge < -0.3 is 43.4 Å². The Bertz CT molecular complexity index is 685. The van der Waals surface area contributed by atoms with E-state index in [0.29, 0.717) is 6.42 Å². The van der Waals surface area contributed by atoms with Crippen molar-refractivity contribution in [2.24, 2.45) is 22.2 Å². The van der Waals surface area contributed by atoms with E-state index < -0.39 is 60.8 Å². The fraction of sp³-hybridized carbons (Fsp3) is 0.625. The number of rotatable bonds is 15. The second-order valence-corrected chi connectivity index (χ2v) is 6.77. The molecule has 0 radical (unpaired) electrons. The first kappa shape index (κ1) is 27.9. The maximum atomic E-state index is 12.4. The van der Waals surface area contributed by atoms with E-state index in [0.717, 1.165) is 0 Å². The number of thiol groups is 1. The van der Waals surface area contributed by atoms with Gasteiger partial charge in [-0.25, -0.2) is 4.79 Å². The lowest BCUT2D eigenvalue weighted by molar-refractivity contribution is -0.143. The molecule has 15 heteroatoms. The highest BCUT2D eigenvalue weighted by molar-refractivity contribution is 7.80. The number of hydrogen-bond acceptors (Lipinski definition) is 8. The lowest BCUT2D eigenvalue weighted by Gasteiger charge is -2.20. The average Bonchev–Trinajstić information content (AvgIpc) is 2.69. The number of carboxylic acid groups (broad SMARTS) is 2. The van der Waals surface area contributed by atoms with E-state index >= 15 is 0 Å². The van der Waals surface area contributed by atoms with Crippen LogP contribution in [0.4, 0.5) is 0 Å². The summed E-state index contributed by atoms with van der Waals surface area (Å²) in [5, 5.41) is 24.5. The highest BCUT2D eigenvalue weighted by Crippen LogP contribution is 2.01. The van der Waals surface area contributed by atoms with Crippen LogP contribution in [-0.2, 0) is 24.0 Å². The van der Waals surface area contributed by atoms with Crippen molar-refractivity contribution in [2.75, 3.05) is 18.8 Å². The topological polar surface area (TPSA) is 252 Å². The molecule has 0 saturated heterocycles. The predicted molar refractivity (Wildman–Crippen MR) is 113 cm³/mol. The zero-order chi connectivity index (χ0) is 24.0. The van der Waals surface area contributed by atoms with Crippen LogP contribution in [0.5, 0.6) is 0 Å². The standard InChI is InChI=1S/C16H29N7O7S/c17-8(7-31)13(27)23-9(2-1-5-20-16(18)19)14(28)21-6-11(24)22-10(15(29)30)3-4-12(25)26/h8-10,31H,1-7,17H2,(H,21,28)(H,22,24)(H,23,27)(H,25,26)(H,29,30)(H4,18,19,20). The Hall–Kier alpha value is -3.07. The van der Waals surface area contributed by atoms with Gasteiger partial charge in [-0.3, -0.25) is 24.2 Å². The number of nitrogens with one attached hydrogen (secondary N) is 3. The minimum absolute atomic E-state index is 0.0451. The molecule has 0 aliphatic carbocycles. The van der Waals surface area contributed by atoms with Gasteiger partial charge >= 0.3 is 11.9 Å². The molecule has 11 N–H and O–H groups in total. The Balaban J connectivity index is 4.87. The number of carboxylic acids is 2. The zero-order valence-electron chi connectivity index (χ0n) is 16.7. The van der Waals surface area contributed by atoms with Crippen molar-refractivity contribution in [1.29, 1.82) is 0 Å². The van der Waals surface area contributed by atoms with Crippen molar-refractivity contribution in [1.82, 2.24) is 16.0 Å². The number of hydrogen-bond donors (Lipinski definition) is 9. The maximum Gasteiger partial charge on any atom is 0.326 e. The van der Waals surface area contributed by atoms with Gasteiger partial charge in [-0.15, -0.1) is 0 Å². The van der Waals surface area contributed by atoms with Crippen LogP contribution >= 0.6 is 12.6 Å². The van der Waals surface area contributed by atoms with E-state index in [9.17, 15) is 24.0 Å². The molecule has 31 heavy (non-hydrogen) atoms. The van der Waals surface area contributed by atoms with Crippen LogP contribution in [-0.4, -0.2) is 82.8 Å². The molecule has 3 amide bonds. The second kappa shape index (κ2) is 14.8. The molecule has 0 rings (SSSR count). The third-order valence-electron chi connectivity index (χ3n) is 3.82. The molecule has 0 aliphatic heterocycles. The van der Waals surface area contributed by atoms with Crippen LogP contribution in [0.25, 0.3) is 0 Å². The molecule has 0 fully saturated rings. The molecule has 0 aromatic carbocycles. The largest absolute Gasteiger partial charge is 0.481 e. The number of nitrogens with zero attached hydrogens (tertiary/aromatic N) is 1. The van der Waals surface area contributed by atoms with E-state index in [4.69, 9.17) is 27.4 Å². The molecular weight excluding hydrogens is 434 g/mol. The van der Waals surface area contributed by atoms with Crippen molar-refractivity contribution in [3.63, 3.8) is 0 Å². The Morgan fingerprint density at radius 1 is 0.968 bits per heavy atom. The molecule has 0 heterocycles. The number of guanidine groups is 1. The fourth-order valence-electron chi connectivity index (χ4n) is 2.20. The smallest absolute Gasteiger partial charge is 0.326 e. The predicted octanol–water partition coefficient (Wildman–Crippen LogP) is -3.67. The van der Waals surface area contributed by atoms with Crippen LogP contribution in [0.1, 0.15) is 25.7 Å². The SMILES string of the molecule is NC(N)=NCCCC(NC(=O)C(N)CS)C(=O)NCC(=O)NC(CCC(=O)O)C(=O)O. The van der Waals surface area contributed by atoms with E-state index in [-0.39, 0.29) is 31.1 Å². The summed E-state index contributed by atoms with van der Waals surface area (Å²) in [6.07, 6.45) is -0.325. The number of aliphatic carboxylic acids is 2. The van der Waals surface area contributed by atoms with Gasteiger partial charge in [-0.05, 0) is 19.3 Å². The highest BCUT2D eigenvalue weighted by atomic mass is 32.1. The van der Waals surface area contributed by atoms with E-state index in [2.05, 4.69) is 33.6 Å². The molecular formula is C16H29N7O7S. The quantitative estimate of drug-likeness (QED) is 0.0497. The van der Waals surface area contributed by atoms with Gasteiger partial charge in [0.2, 0.25) is 17.7 Å². The van der Waals surface area contributed by atoms with Crippen molar-refractivity contribution < 1.29 is 34.2 Å². The summed E-state index contributed by atoms with van der Waals surface area (Å²) in [4.78, 5) is 61.8. The number of nitrogens with two attached hydrogens (primary N) is 3. The van der Waals surface area contributed by atoms with E-state index in [1.54, 1.807) is 0 Å². The summed E-state index contributed by atoms with van der Waals surface area (Å²) in [7, 11) is 0. The van der Waals surface area contributed by atoms with Crippen LogP contribution in [0.2, 0.25) is 0 Å². The summed E-state index contributed by atoms with van der Waals surface area (Å²) in [5.74, 6) is -4.89. The number of aliphatic imine (C=N–C) groups is 1. The minimum Gasteiger partial charge on any atom is -0.481 e. The third-order valence-corrected chi connectivity index (χ3v) is 4.21. The van der Waals surface area contributed by atoms with Gasteiger partial charge in [-0.1, -0.05) is 0 Å². The third kappa shape index (κ3) is 13.0. The first-order valence-electron chi connectivity index (χ1n) is 9.21. The van der Waals surface area contributed by atoms with Crippen LogP contribution < -0.4 is 33.2 Å². The molecule has 14 nitrogen and oxygen atoms in total. The molecule has 0 aromatic heterocycles. The van der Waals surface area contributed by atoms with Crippen molar-refractivity contribution in [3.8, 4) is 0 Å². The zero-order valence-corrected chi connectivity index (χ0v) is 17.6. The summed E-state index contributed by atoms with van der Waals surface area (Å²) in [6, 6.07) is -3.43. The first-order valence-corrected chi connectivity index (χ1v) is 9.85. The van der Waals surface area contributed by atoms with E-state index in [1.165, 1.54) is 0 Å². The van der Waals surface area contributed by atoms with Crippen LogP contribution in [0.3, 0.4) is 0 Å². The Kier molecular flexibility index (Phi) is 13.4. The summed E-state index contributed by atoms with van der Waals surface area (Å²) in [6.45, 7) is -0.389. The molecule has 0 spiro atoms. The minimum atomic E-state index is -1.43. The summed E-state index contributed by atoms with van der Waals surface area (Å²) >= 11 is 3.91. The molecule has 176 valence electrons. The summed E-state index contributed by atoms with van der Waals surface area (Å²) < 4.78 is 0. The molecule has 0 aliphatic rings. The monoisotopic (exact) mass is 463 g/mol. The summed E-state index contributed by atoms with van der Waals surface area (Å²) in [5.41, 5.74) is 16.0. The second-order valence-electron chi connectivity index (χ2n) is 6.41. The molecule has 0 aromatic rings. The average molecular weight is 464 g/mol. The normalized spacial score (nSPS) is 13.2. The van der Waals surface area contributed by atoms with Gasteiger partial charge in [0.05, 0.1) is 12.6 Å². The highest BCUT2D eigenvalue weighted by Gasteiger charge is 2.25. The number of carbonyl (C=O) groups excluding carboxylic acids is 3. The Morgan fingerprint density at radius 3 is 2.13 bits per heavy atom. The lowest BCUT2D eigenvalue weighted by Crippen LogP contribution is -2.53. The van der Waals surface area contributed by atoms with E-state index in [1.807, 2.05) is 0 Å². The van der Waals surface area contributed by atoms with Gasteiger partial charge in [0.1, 0.15) is 12.1 Å². The number of amides is 3. The maximum absolute atomic E-state index is 12.4. The number of carbonyl (C=O) groups is 5. The molecule has 3 unspecified atom stereocenters. The van der Waals surface area contributed by atoms with Gasteiger partial charge in [-0.2, -0.15) is 12.6 Å². The fourth-order valence-corrected chi connectivity index (χ4v) is 2.36. The lowest BCUT2D eigenvalue weighted by atomic mass is 10.1. The van der Waals surface area contributed by atoms with Gasteiger partial charge in [0, 0.05) is 18.7 Å². The molecule has 0 saturated carbocycles.